The molecule has 0 aliphatic carbocycles. The predicted molar refractivity (Wildman–Crippen MR) is 93.2 cm³/mol. The second-order valence-corrected chi connectivity index (χ2v) is 5.31. The topological polar surface area (TPSA) is 99.8 Å². The molecular formula is C15H11F3N4O3S. The molecule has 0 saturated heterocycles. The first kappa shape index (κ1) is 19.1. The number of nitrogens with one attached hydrogen (secondary N) is 2. The van der Waals surface area contributed by atoms with Gasteiger partial charge in [-0.25, -0.2) is 0 Å². The fourth-order valence-electron chi connectivity index (χ4n) is 1.85. The van der Waals surface area contributed by atoms with Gasteiger partial charge in [0.25, 0.3) is 5.69 Å². The van der Waals surface area contributed by atoms with Crippen LogP contribution in [0.25, 0.3) is 0 Å². The van der Waals surface area contributed by atoms with Crippen LogP contribution in [0.15, 0.2) is 47.6 Å². The molecule has 2 aromatic carbocycles. The number of nitro groups is 1. The summed E-state index contributed by atoms with van der Waals surface area (Å²) >= 11 is 4.90. The van der Waals surface area contributed by atoms with Crippen LogP contribution in [-0.4, -0.2) is 21.4 Å². The molecule has 0 spiro atoms. The van der Waals surface area contributed by atoms with Crippen molar-refractivity contribution in [2.75, 3.05) is 5.32 Å². The Morgan fingerprint density at radius 3 is 2.65 bits per heavy atom. The molecule has 7 nitrogen and oxygen atoms in total. The van der Waals surface area contributed by atoms with Crippen molar-refractivity contribution in [1.82, 2.24) is 5.43 Å². The summed E-state index contributed by atoms with van der Waals surface area (Å²) < 4.78 is 38.0. The van der Waals surface area contributed by atoms with Crippen molar-refractivity contribution in [2.24, 2.45) is 5.10 Å². The minimum atomic E-state index is -4.48. The lowest BCUT2D eigenvalue weighted by Crippen LogP contribution is -2.24. The maximum atomic E-state index is 12.7. The highest BCUT2D eigenvalue weighted by Gasteiger charge is 2.30. The third kappa shape index (κ3) is 5.14. The highest BCUT2D eigenvalue weighted by atomic mass is 32.1. The van der Waals surface area contributed by atoms with Crippen molar-refractivity contribution in [1.29, 1.82) is 0 Å². The van der Waals surface area contributed by atoms with Crippen LogP contribution in [0, 0.1) is 10.1 Å². The minimum Gasteiger partial charge on any atom is -0.507 e. The van der Waals surface area contributed by atoms with Crippen molar-refractivity contribution in [3.05, 3.63) is 63.7 Å². The van der Waals surface area contributed by atoms with Crippen molar-refractivity contribution in [3.8, 4) is 5.75 Å². The van der Waals surface area contributed by atoms with E-state index in [-0.39, 0.29) is 27.8 Å². The summed E-state index contributed by atoms with van der Waals surface area (Å²) in [5.74, 6) is -0.238. The van der Waals surface area contributed by atoms with Crippen molar-refractivity contribution < 1.29 is 23.2 Å². The van der Waals surface area contributed by atoms with Gasteiger partial charge in [0.05, 0.1) is 16.7 Å². The smallest absolute Gasteiger partial charge is 0.416 e. The molecule has 0 aliphatic rings. The molecule has 0 amide bonds. The fraction of sp³-hybridized carbons (Fsp3) is 0.0667. The lowest BCUT2D eigenvalue weighted by molar-refractivity contribution is -0.384. The Morgan fingerprint density at radius 1 is 1.27 bits per heavy atom. The molecule has 11 heteroatoms. The molecular weight excluding hydrogens is 373 g/mol. The van der Waals surface area contributed by atoms with Crippen LogP contribution in [0.4, 0.5) is 24.5 Å². The molecule has 2 rings (SSSR count). The Labute approximate surface area is 150 Å². The van der Waals surface area contributed by atoms with E-state index >= 15 is 0 Å². The number of hydrogen-bond acceptors (Lipinski definition) is 5. The zero-order valence-electron chi connectivity index (χ0n) is 12.8. The summed E-state index contributed by atoms with van der Waals surface area (Å²) in [5.41, 5.74) is 1.43. The van der Waals surface area contributed by atoms with E-state index in [1.165, 1.54) is 12.1 Å². The Hall–Kier alpha value is -3.21. The van der Waals surface area contributed by atoms with E-state index in [9.17, 15) is 28.4 Å². The monoisotopic (exact) mass is 384 g/mol. The van der Waals surface area contributed by atoms with Gasteiger partial charge in [-0.3, -0.25) is 15.5 Å². The largest absolute Gasteiger partial charge is 0.507 e. The second kappa shape index (κ2) is 7.78. The number of hydrogen-bond donors (Lipinski definition) is 3. The Bertz CT molecular complexity index is 871. The van der Waals surface area contributed by atoms with E-state index < -0.39 is 16.7 Å². The number of non-ortho nitro benzene ring substituents is 1. The Kier molecular flexibility index (Phi) is 5.72. The predicted octanol–water partition coefficient (Wildman–Crippen LogP) is 3.64. The van der Waals surface area contributed by atoms with Gasteiger partial charge in [0.1, 0.15) is 5.75 Å². The van der Waals surface area contributed by atoms with Crippen LogP contribution in [0.1, 0.15) is 11.1 Å². The number of phenols is 1. The van der Waals surface area contributed by atoms with Gasteiger partial charge in [-0.2, -0.15) is 18.3 Å². The molecule has 0 unspecified atom stereocenters. The third-order valence-electron chi connectivity index (χ3n) is 3.04. The maximum absolute atomic E-state index is 12.7. The van der Waals surface area contributed by atoms with Gasteiger partial charge in [-0.1, -0.05) is 6.07 Å². The van der Waals surface area contributed by atoms with Crippen LogP contribution >= 0.6 is 12.2 Å². The van der Waals surface area contributed by atoms with Crippen LogP contribution in [0.3, 0.4) is 0 Å². The standard InChI is InChI=1S/C15H11F3N4O3S/c16-15(17,18)10-2-1-3-11(7-10)20-14(26)21-19-8-9-6-12(22(24)25)4-5-13(9)23/h1-8,23H,(H2,20,21,26). The number of phenolic OH excluding ortho intramolecular Hbond substituents is 1. The molecule has 0 radical (unpaired) electrons. The normalized spacial score (nSPS) is 11.3. The molecule has 0 bridgehead atoms. The molecule has 0 heterocycles. The number of thiocarbonyl (C=S) groups is 1. The summed E-state index contributed by atoms with van der Waals surface area (Å²) in [7, 11) is 0. The van der Waals surface area contributed by atoms with Gasteiger partial charge in [-0.15, -0.1) is 0 Å². The van der Waals surface area contributed by atoms with Crippen molar-refractivity contribution in [2.45, 2.75) is 6.18 Å². The Balaban J connectivity index is 2.02. The quantitative estimate of drug-likeness (QED) is 0.322. The molecule has 136 valence electrons. The lowest BCUT2D eigenvalue weighted by atomic mass is 10.2. The van der Waals surface area contributed by atoms with E-state index in [2.05, 4.69) is 15.8 Å². The zero-order chi connectivity index (χ0) is 19.3. The molecule has 26 heavy (non-hydrogen) atoms. The molecule has 3 N–H and O–H groups in total. The summed E-state index contributed by atoms with van der Waals surface area (Å²) in [6, 6.07) is 7.77. The molecule has 0 saturated carbocycles. The maximum Gasteiger partial charge on any atom is 0.416 e. The number of benzene rings is 2. The molecule has 0 fully saturated rings. The second-order valence-electron chi connectivity index (χ2n) is 4.90. The summed E-state index contributed by atoms with van der Waals surface area (Å²) in [6.45, 7) is 0. The highest BCUT2D eigenvalue weighted by molar-refractivity contribution is 7.80. The van der Waals surface area contributed by atoms with Gasteiger partial charge in [0, 0.05) is 23.4 Å². The number of hydrazone groups is 1. The first-order chi connectivity index (χ1) is 12.2. The summed E-state index contributed by atoms with van der Waals surface area (Å²) in [4.78, 5) is 10.1. The number of alkyl halides is 3. The Morgan fingerprint density at radius 2 is 2.00 bits per heavy atom. The highest BCUT2D eigenvalue weighted by Crippen LogP contribution is 2.30. The fourth-order valence-corrected chi connectivity index (χ4v) is 2.02. The lowest BCUT2D eigenvalue weighted by Gasteiger charge is -2.10. The van der Waals surface area contributed by atoms with E-state index in [0.717, 1.165) is 36.5 Å². The van der Waals surface area contributed by atoms with E-state index in [1.54, 1.807) is 0 Å². The molecule has 0 aromatic heterocycles. The third-order valence-corrected chi connectivity index (χ3v) is 3.23. The van der Waals surface area contributed by atoms with E-state index in [1.807, 2.05) is 0 Å². The minimum absolute atomic E-state index is 0.0635. The van der Waals surface area contributed by atoms with Gasteiger partial charge in [0.15, 0.2) is 5.11 Å². The average Bonchev–Trinajstić information content (AvgIpc) is 2.55. The number of nitrogens with zero attached hydrogens (tertiary/aromatic N) is 2. The van der Waals surface area contributed by atoms with Crippen LogP contribution in [0.5, 0.6) is 5.75 Å². The van der Waals surface area contributed by atoms with Crippen molar-refractivity contribution >= 4 is 34.9 Å². The number of nitro benzene ring substituents is 1. The van der Waals surface area contributed by atoms with Gasteiger partial charge < -0.3 is 10.4 Å². The van der Waals surface area contributed by atoms with Crippen LogP contribution in [0.2, 0.25) is 0 Å². The summed E-state index contributed by atoms with van der Waals surface area (Å²) in [6.07, 6.45) is -3.40. The van der Waals surface area contributed by atoms with Crippen molar-refractivity contribution in [3.63, 3.8) is 0 Å². The van der Waals surface area contributed by atoms with Crippen LogP contribution in [-0.2, 0) is 6.18 Å². The first-order valence-corrected chi connectivity index (χ1v) is 7.32. The number of anilines is 1. The van der Waals surface area contributed by atoms with E-state index in [4.69, 9.17) is 12.2 Å². The average molecular weight is 384 g/mol. The van der Waals surface area contributed by atoms with Crippen LogP contribution < -0.4 is 10.7 Å². The molecule has 0 atom stereocenters. The summed E-state index contributed by atoms with van der Waals surface area (Å²) in [5, 5.41) is 26.4. The SMILES string of the molecule is O=[N+]([O-])c1ccc(O)c(C=NNC(=S)Nc2cccc(C(F)(F)F)c2)c1. The van der Waals surface area contributed by atoms with E-state index in [0.29, 0.717) is 0 Å². The number of rotatable bonds is 4. The van der Waals surface area contributed by atoms with Gasteiger partial charge in [0.2, 0.25) is 0 Å². The van der Waals surface area contributed by atoms with Gasteiger partial charge in [-0.05, 0) is 36.5 Å². The first-order valence-electron chi connectivity index (χ1n) is 6.91. The zero-order valence-corrected chi connectivity index (χ0v) is 13.6. The molecule has 2 aromatic rings. The van der Waals surface area contributed by atoms with Gasteiger partial charge >= 0.3 is 6.18 Å². The number of aromatic hydroxyl groups is 1. The molecule has 0 aliphatic heterocycles. The number of halogens is 3.